The van der Waals surface area contributed by atoms with Crippen LogP contribution in [0.4, 0.5) is 4.39 Å². The topological polar surface area (TPSA) is 76.8 Å². The highest BCUT2D eigenvalue weighted by atomic mass is 19.1. The van der Waals surface area contributed by atoms with Crippen molar-refractivity contribution in [2.75, 3.05) is 39.9 Å². The van der Waals surface area contributed by atoms with Crippen LogP contribution in [0.2, 0.25) is 0 Å². The molecule has 0 saturated carbocycles. The van der Waals surface area contributed by atoms with Crippen molar-refractivity contribution in [2.24, 2.45) is 12.0 Å². The van der Waals surface area contributed by atoms with Crippen LogP contribution in [-0.2, 0) is 11.8 Å². The van der Waals surface area contributed by atoms with Crippen molar-refractivity contribution in [3.05, 3.63) is 42.1 Å². The number of pyridine rings is 1. The molecule has 26 heavy (non-hydrogen) atoms. The largest absolute Gasteiger partial charge is 0.474 e. The number of aromatic nitrogens is 3. The molecular formula is C17H23FN6O2. The van der Waals surface area contributed by atoms with Gasteiger partial charge in [-0.25, -0.2) is 9.37 Å². The van der Waals surface area contributed by atoms with Gasteiger partial charge in [0, 0.05) is 38.6 Å². The van der Waals surface area contributed by atoms with Crippen LogP contribution in [0, 0.1) is 5.82 Å². The van der Waals surface area contributed by atoms with E-state index in [-0.39, 0.29) is 18.6 Å². The molecule has 0 bridgehead atoms. The third-order valence-corrected chi connectivity index (χ3v) is 4.02. The molecule has 8 nitrogen and oxygen atoms in total. The van der Waals surface area contributed by atoms with Crippen molar-refractivity contribution in [3.63, 3.8) is 0 Å². The number of nitrogens with zero attached hydrogens (tertiary/aromatic N) is 5. The maximum atomic E-state index is 13.5. The van der Waals surface area contributed by atoms with E-state index in [1.54, 1.807) is 11.7 Å². The Morgan fingerprint density at radius 3 is 3.15 bits per heavy atom. The second kappa shape index (κ2) is 8.61. The van der Waals surface area contributed by atoms with Crippen molar-refractivity contribution in [2.45, 2.75) is 6.10 Å². The van der Waals surface area contributed by atoms with Gasteiger partial charge in [-0.1, -0.05) is 0 Å². The number of nitrogens with one attached hydrogen (secondary N) is 1. The number of rotatable bonds is 5. The van der Waals surface area contributed by atoms with Gasteiger partial charge in [-0.15, -0.1) is 0 Å². The van der Waals surface area contributed by atoms with Crippen molar-refractivity contribution < 1.29 is 13.9 Å². The lowest BCUT2D eigenvalue weighted by atomic mass is 10.1. The first kappa shape index (κ1) is 18.1. The second-order valence-corrected chi connectivity index (χ2v) is 5.87. The summed E-state index contributed by atoms with van der Waals surface area (Å²) in [4.78, 5) is 10.3. The third-order valence-electron chi connectivity index (χ3n) is 4.02. The minimum absolute atomic E-state index is 0.00676. The monoisotopic (exact) mass is 362 g/mol. The first-order valence-electron chi connectivity index (χ1n) is 8.46. The summed E-state index contributed by atoms with van der Waals surface area (Å²) < 4.78 is 26.4. The van der Waals surface area contributed by atoms with Crippen LogP contribution in [0.3, 0.4) is 0 Å². The fourth-order valence-electron chi connectivity index (χ4n) is 2.77. The molecule has 1 fully saturated rings. The van der Waals surface area contributed by atoms with Crippen LogP contribution in [-0.4, -0.2) is 65.5 Å². The zero-order valence-electron chi connectivity index (χ0n) is 14.9. The summed E-state index contributed by atoms with van der Waals surface area (Å²) in [5.74, 6) is 0.295. The Bertz CT molecular complexity index is 750. The van der Waals surface area contributed by atoms with Gasteiger partial charge < -0.3 is 19.7 Å². The number of aliphatic imine (C=N–C) groups is 1. The van der Waals surface area contributed by atoms with E-state index in [1.165, 1.54) is 18.3 Å². The van der Waals surface area contributed by atoms with Crippen molar-refractivity contribution in [1.29, 1.82) is 0 Å². The quantitative estimate of drug-likeness (QED) is 0.485. The first-order chi connectivity index (χ1) is 12.7. The number of ether oxygens (including phenoxy) is 2. The van der Waals surface area contributed by atoms with E-state index in [2.05, 4.69) is 25.3 Å². The lowest BCUT2D eigenvalue weighted by molar-refractivity contribution is -0.00806. The molecule has 0 spiro atoms. The van der Waals surface area contributed by atoms with Crippen LogP contribution >= 0.6 is 0 Å². The Hall–Kier alpha value is -2.68. The van der Waals surface area contributed by atoms with E-state index >= 15 is 0 Å². The number of morpholine rings is 1. The molecule has 1 unspecified atom stereocenters. The van der Waals surface area contributed by atoms with Gasteiger partial charge >= 0.3 is 0 Å². The third kappa shape index (κ3) is 4.48. The Labute approximate surface area is 151 Å². The van der Waals surface area contributed by atoms with Gasteiger partial charge in [0.1, 0.15) is 12.7 Å². The van der Waals surface area contributed by atoms with Crippen molar-refractivity contribution >= 4 is 5.96 Å². The molecule has 0 amide bonds. The number of halogens is 1. The Morgan fingerprint density at radius 2 is 2.42 bits per heavy atom. The maximum absolute atomic E-state index is 13.5. The van der Waals surface area contributed by atoms with E-state index in [4.69, 9.17) is 9.47 Å². The maximum Gasteiger partial charge on any atom is 0.250 e. The highest BCUT2D eigenvalue weighted by Crippen LogP contribution is 2.21. The van der Waals surface area contributed by atoms with Crippen LogP contribution in [0.15, 0.2) is 35.7 Å². The fourth-order valence-corrected chi connectivity index (χ4v) is 2.77. The zero-order valence-corrected chi connectivity index (χ0v) is 14.9. The summed E-state index contributed by atoms with van der Waals surface area (Å²) in [7, 11) is 3.62. The summed E-state index contributed by atoms with van der Waals surface area (Å²) in [6.07, 6.45) is 5.23. The van der Waals surface area contributed by atoms with E-state index in [9.17, 15) is 4.39 Å². The van der Waals surface area contributed by atoms with Gasteiger partial charge in [0.15, 0.2) is 11.8 Å². The minimum atomic E-state index is -0.468. The highest BCUT2D eigenvalue weighted by molar-refractivity contribution is 5.80. The number of hydrogen-bond donors (Lipinski definition) is 1. The lowest BCUT2D eigenvalue weighted by Crippen LogP contribution is -2.48. The van der Waals surface area contributed by atoms with E-state index in [0.717, 1.165) is 18.1 Å². The van der Waals surface area contributed by atoms with Gasteiger partial charge in [0.05, 0.1) is 25.9 Å². The van der Waals surface area contributed by atoms with Crippen molar-refractivity contribution in [1.82, 2.24) is 25.0 Å². The number of guanidine groups is 1. The zero-order chi connectivity index (χ0) is 18.4. The van der Waals surface area contributed by atoms with Crippen LogP contribution in [0.5, 0.6) is 5.88 Å². The summed E-state index contributed by atoms with van der Waals surface area (Å²) >= 11 is 0. The number of hydrogen-bond acceptors (Lipinski definition) is 5. The molecule has 0 aliphatic carbocycles. The molecular weight excluding hydrogens is 339 g/mol. The second-order valence-electron chi connectivity index (χ2n) is 5.87. The van der Waals surface area contributed by atoms with E-state index < -0.39 is 5.82 Å². The smallest absolute Gasteiger partial charge is 0.250 e. The van der Waals surface area contributed by atoms with Gasteiger partial charge in [0.2, 0.25) is 5.88 Å². The average Bonchev–Trinajstić information content (AvgIpc) is 3.10. The molecule has 3 heterocycles. The minimum Gasteiger partial charge on any atom is -0.474 e. The Kier molecular flexibility index (Phi) is 6.00. The van der Waals surface area contributed by atoms with Gasteiger partial charge in [-0.05, 0) is 12.1 Å². The Balaban J connectivity index is 1.49. The van der Waals surface area contributed by atoms with Crippen LogP contribution in [0.1, 0.15) is 11.7 Å². The average molecular weight is 362 g/mol. The van der Waals surface area contributed by atoms with Crippen LogP contribution in [0.25, 0.3) is 0 Å². The van der Waals surface area contributed by atoms with Gasteiger partial charge in [0.25, 0.3) is 0 Å². The van der Waals surface area contributed by atoms with Gasteiger partial charge in [-0.2, -0.15) is 5.10 Å². The predicted molar refractivity (Wildman–Crippen MR) is 94.5 cm³/mol. The fraction of sp³-hybridized carbons (Fsp3) is 0.471. The number of aryl methyl sites for hydroxylation is 1. The lowest BCUT2D eigenvalue weighted by Gasteiger charge is -2.34. The molecule has 1 N–H and O–H groups in total. The molecule has 1 atom stereocenters. The molecule has 3 rings (SSSR count). The summed E-state index contributed by atoms with van der Waals surface area (Å²) in [5.41, 5.74) is 1.04. The van der Waals surface area contributed by atoms with Gasteiger partial charge in [-0.3, -0.25) is 9.67 Å². The molecule has 1 aliphatic heterocycles. The van der Waals surface area contributed by atoms with Crippen LogP contribution < -0.4 is 10.1 Å². The van der Waals surface area contributed by atoms with E-state index in [0.29, 0.717) is 19.7 Å². The molecule has 2 aromatic rings. The summed E-state index contributed by atoms with van der Waals surface area (Å²) in [6.45, 7) is 2.80. The van der Waals surface area contributed by atoms with E-state index in [1.807, 2.05) is 19.4 Å². The first-order valence-corrected chi connectivity index (χ1v) is 8.46. The SMILES string of the molecule is CN=C(NCCOc1ncccc1F)N1CCOC(c2cnn(C)c2)C1. The molecule has 2 aromatic heterocycles. The molecule has 0 radical (unpaired) electrons. The summed E-state index contributed by atoms with van der Waals surface area (Å²) in [6, 6.07) is 2.85. The molecule has 9 heteroatoms. The normalized spacial score (nSPS) is 18.0. The van der Waals surface area contributed by atoms with Crippen molar-refractivity contribution in [3.8, 4) is 5.88 Å². The molecule has 1 saturated heterocycles. The molecule has 1 aliphatic rings. The Morgan fingerprint density at radius 1 is 1.54 bits per heavy atom. The highest BCUT2D eigenvalue weighted by Gasteiger charge is 2.25. The molecule has 140 valence electrons. The predicted octanol–water partition coefficient (Wildman–Crippen LogP) is 0.982. The summed E-state index contributed by atoms with van der Waals surface area (Å²) in [5, 5.41) is 7.43. The standard InChI is InChI=1S/C17H23FN6O2/c1-19-17(21-6-8-26-16-14(18)4-3-5-20-16)24-7-9-25-15(12-24)13-10-22-23(2)11-13/h3-5,10-11,15H,6-9,12H2,1-2H3,(H,19,21). The molecule has 0 aromatic carbocycles.